The van der Waals surface area contributed by atoms with Gasteiger partial charge in [-0.25, -0.2) is 8.78 Å². The summed E-state index contributed by atoms with van der Waals surface area (Å²) >= 11 is 0. The summed E-state index contributed by atoms with van der Waals surface area (Å²) in [6.07, 6.45) is 3.29. The van der Waals surface area contributed by atoms with Crippen molar-refractivity contribution in [3.63, 3.8) is 0 Å². The zero-order chi connectivity index (χ0) is 19.1. The number of halogens is 2. The number of fused-ring (bicyclic) bond motifs is 1. The van der Waals surface area contributed by atoms with Crippen LogP contribution in [0.1, 0.15) is 31.2 Å². The molecule has 2 aliphatic carbocycles. The van der Waals surface area contributed by atoms with Crippen LogP contribution in [0, 0.1) is 62.9 Å². The zero-order valence-electron chi connectivity index (χ0n) is 14.1. The van der Waals surface area contributed by atoms with Crippen LogP contribution in [0.5, 0.6) is 0 Å². The SMILES string of the molecule is C[C@@H]1CC=C2C(C#N)=C(N)C(C#N)(C#N)[C@@H](c3ccc(F)c(F)c3)[C@@H]2C1. The van der Waals surface area contributed by atoms with Gasteiger partial charge in [0, 0.05) is 5.92 Å². The van der Waals surface area contributed by atoms with Crippen molar-refractivity contribution in [2.45, 2.75) is 25.7 Å². The molecule has 0 aromatic heterocycles. The average molecular weight is 350 g/mol. The van der Waals surface area contributed by atoms with Gasteiger partial charge in [0.2, 0.25) is 0 Å². The Morgan fingerprint density at radius 3 is 2.42 bits per heavy atom. The first-order chi connectivity index (χ1) is 12.4. The lowest BCUT2D eigenvalue weighted by Gasteiger charge is -2.44. The minimum absolute atomic E-state index is 0.114. The van der Waals surface area contributed by atoms with E-state index in [0.717, 1.165) is 18.6 Å². The third-order valence-electron chi connectivity index (χ3n) is 5.41. The highest BCUT2D eigenvalue weighted by atomic mass is 19.2. The van der Waals surface area contributed by atoms with Crippen molar-refractivity contribution in [1.29, 1.82) is 15.8 Å². The summed E-state index contributed by atoms with van der Waals surface area (Å²) in [6, 6.07) is 9.37. The number of nitriles is 3. The average Bonchev–Trinajstić information content (AvgIpc) is 2.63. The Bertz CT molecular complexity index is 941. The number of nitrogens with two attached hydrogens (primary N) is 1. The minimum Gasteiger partial charge on any atom is -0.399 e. The van der Waals surface area contributed by atoms with Gasteiger partial charge in [-0.3, -0.25) is 0 Å². The molecule has 1 aromatic carbocycles. The number of benzene rings is 1. The van der Waals surface area contributed by atoms with Crippen LogP contribution in [0.4, 0.5) is 8.78 Å². The summed E-state index contributed by atoms with van der Waals surface area (Å²) in [6.45, 7) is 2.03. The second-order valence-corrected chi connectivity index (χ2v) is 6.93. The van der Waals surface area contributed by atoms with Crippen molar-refractivity contribution in [3.05, 3.63) is 58.3 Å². The molecule has 0 fully saturated rings. The molecule has 0 heterocycles. The lowest BCUT2D eigenvalue weighted by Crippen LogP contribution is -2.43. The molecule has 1 aromatic rings. The van der Waals surface area contributed by atoms with E-state index in [2.05, 4.69) is 0 Å². The van der Waals surface area contributed by atoms with Crippen LogP contribution >= 0.6 is 0 Å². The first-order valence-corrected chi connectivity index (χ1v) is 8.27. The van der Waals surface area contributed by atoms with Gasteiger partial charge in [-0.05, 0) is 47.9 Å². The quantitative estimate of drug-likeness (QED) is 0.833. The molecule has 6 heteroatoms. The van der Waals surface area contributed by atoms with E-state index in [-0.39, 0.29) is 23.1 Å². The first-order valence-electron chi connectivity index (χ1n) is 8.27. The van der Waals surface area contributed by atoms with E-state index >= 15 is 0 Å². The molecule has 0 unspecified atom stereocenters. The number of hydrogen-bond donors (Lipinski definition) is 1. The highest BCUT2D eigenvalue weighted by Crippen LogP contribution is 2.56. The monoisotopic (exact) mass is 350 g/mol. The number of nitrogens with zero attached hydrogens (tertiary/aromatic N) is 3. The van der Waals surface area contributed by atoms with E-state index in [1.165, 1.54) is 6.07 Å². The van der Waals surface area contributed by atoms with Crippen molar-refractivity contribution in [2.24, 2.45) is 23.0 Å². The fraction of sp³-hybridized carbons (Fsp3) is 0.350. The van der Waals surface area contributed by atoms with Crippen LogP contribution in [-0.2, 0) is 0 Å². The van der Waals surface area contributed by atoms with Gasteiger partial charge in [0.15, 0.2) is 17.0 Å². The Labute approximate surface area is 150 Å². The highest BCUT2D eigenvalue weighted by molar-refractivity contribution is 5.59. The van der Waals surface area contributed by atoms with E-state index in [1.807, 2.05) is 31.2 Å². The Kier molecular flexibility index (Phi) is 4.26. The zero-order valence-corrected chi connectivity index (χ0v) is 14.1. The van der Waals surface area contributed by atoms with Crippen LogP contribution in [0.25, 0.3) is 0 Å². The summed E-state index contributed by atoms with van der Waals surface area (Å²) in [7, 11) is 0. The van der Waals surface area contributed by atoms with Crippen molar-refractivity contribution in [3.8, 4) is 18.2 Å². The van der Waals surface area contributed by atoms with Gasteiger partial charge in [-0.15, -0.1) is 0 Å². The van der Waals surface area contributed by atoms with Crippen molar-refractivity contribution in [1.82, 2.24) is 0 Å². The van der Waals surface area contributed by atoms with Gasteiger partial charge in [0.1, 0.15) is 6.07 Å². The smallest absolute Gasteiger partial charge is 0.191 e. The lowest BCUT2D eigenvalue weighted by molar-refractivity contribution is 0.283. The third kappa shape index (κ3) is 2.37. The maximum absolute atomic E-state index is 13.9. The lowest BCUT2D eigenvalue weighted by atomic mass is 9.56. The van der Waals surface area contributed by atoms with E-state index in [0.29, 0.717) is 17.6 Å². The summed E-state index contributed by atoms with van der Waals surface area (Å²) < 4.78 is 27.3. The van der Waals surface area contributed by atoms with Crippen LogP contribution in [0.2, 0.25) is 0 Å². The molecule has 26 heavy (non-hydrogen) atoms. The topological polar surface area (TPSA) is 97.4 Å². The van der Waals surface area contributed by atoms with Crippen molar-refractivity contribution in [2.75, 3.05) is 0 Å². The third-order valence-corrected chi connectivity index (χ3v) is 5.41. The normalized spacial score (nSPS) is 26.8. The molecule has 3 rings (SSSR count). The molecule has 2 aliphatic rings. The van der Waals surface area contributed by atoms with Crippen LogP contribution in [0.3, 0.4) is 0 Å². The largest absolute Gasteiger partial charge is 0.399 e. The fourth-order valence-electron chi connectivity index (χ4n) is 4.16. The molecule has 0 radical (unpaired) electrons. The molecule has 0 spiro atoms. The molecule has 2 N–H and O–H groups in total. The van der Waals surface area contributed by atoms with Gasteiger partial charge < -0.3 is 5.73 Å². The molecule has 0 saturated heterocycles. The van der Waals surface area contributed by atoms with Gasteiger partial charge in [0.05, 0.1) is 23.4 Å². The predicted molar refractivity (Wildman–Crippen MR) is 89.6 cm³/mol. The van der Waals surface area contributed by atoms with E-state index in [9.17, 15) is 24.6 Å². The highest BCUT2D eigenvalue weighted by Gasteiger charge is 2.54. The van der Waals surface area contributed by atoms with Crippen LogP contribution < -0.4 is 5.73 Å². The standard InChI is InChI=1S/C20H16F2N4/c1-11-2-4-13-14(6-11)18(12-3-5-16(21)17(22)7-12)20(9-24,10-25)19(26)15(13)8-23/h3-5,7,11,14,18H,2,6,26H2,1H3/t11-,14-,18+/m1/s1. The Morgan fingerprint density at radius 2 is 1.85 bits per heavy atom. The van der Waals surface area contributed by atoms with E-state index in [1.54, 1.807) is 0 Å². The molecule has 3 atom stereocenters. The van der Waals surface area contributed by atoms with Crippen molar-refractivity contribution < 1.29 is 8.78 Å². The molecule has 0 bridgehead atoms. The Balaban J connectivity index is 2.34. The molecule has 0 aliphatic heterocycles. The summed E-state index contributed by atoms with van der Waals surface area (Å²) in [5.74, 6) is -2.90. The predicted octanol–water partition coefficient (Wildman–Crippen LogP) is 3.80. The molecule has 130 valence electrons. The number of hydrogen-bond acceptors (Lipinski definition) is 4. The Hall–Kier alpha value is -3.17. The van der Waals surface area contributed by atoms with Gasteiger partial charge in [-0.2, -0.15) is 15.8 Å². The van der Waals surface area contributed by atoms with Crippen LogP contribution in [0.15, 0.2) is 41.1 Å². The maximum Gasteiger partial charge on any atom is 0.191 e. The molecule has 0 amide bonds. The van der Waals surface area contributed by atoms with E-state index in [4.69, 9.17) is 5.73 Å². The summed E-state index contributed by atoms with van der Waals surface area (Å²) in [4.78, 5) is 0. The Morgan fingerprint density at radius 1 is 1.15 bits per heavy atom. The van der Waals surface area contributed by atoms with Crippen molar-refractivity contribution >= 4 is 0 Å². The van der Waals surface area contributed by atoms with Gasteiger partial charge >= 0.3 is 0 Å². The molecular formula is C20H16F2N4. The number of allylic oxidation sites excluding steroid dienone is 4. The molecule has 4 nitrogen and oxygen atoms in total. The second-order valence-electron chi connectivity index (χ2n) is 6.93. The van der Waals surface area contributed by atoms with Crippen LogP contribution in [-0.4, -0.2) is 0 Å². The van der Waals surface area contributed by atoms with Gasteiger partial charge in [0.25, 0.3) is 0 Å². The molecule has 0 saturated carbocycles. The first kappa shape index (κ1) is 17.6. The second kappa shape index (κ2) is 6.28. The van der Waals surface area contributed by atoms with Gasteiger partial charge in [-0.1, -0.05) is 19.1 Å². The molecular weight excluding hydrogens is 334 g/mol. The maximum atomic E-state index is 13.9. The fourth-order valence-corrected chi connectivity index (χ4v) is 4.16. The minimum atomic E-state index is -1.81. The summed E-state index contributed by atoms with van der Waals surface area (Å²) in [5, 5.41) is 29.3. The number of rotatable bonds is 1. The van der Waals surface area contributed by atoms with E-state index < -0.39 is 23.0 Å². The summed E-state index contributed by atoms with van der Waals surface area (Å²) in [5.41, 5.74) is 5.39.